The zero-order valence-corrected chi connectivity index (χ0v) is 13.4. The Bertz CT molecular complexity index is 680. The maximum atomic E-state index is 4.47. The van der Waals surface area contributed by atoms with Gasteiger partial charge in [-0.1, -0.05) is 32.0 Å². The van der Waals surface area contributed by atoms with E-state index in [-0.39, 0.29) is 6.04 Å². The summed E-state index contributed by atoms with van der Waals surface area (Å²) in [6.07, 6.45) is 5.27. The molecule has 1 aromatic carbocycles. The number of nitrogens with one attached hydrogen (secondary N) is 1. The minimum absolute atomic E-state index is 0.234. The molecular weight excluding hydrogens is 278 g/mol. The predicted octanol–water partition coefficient (Wildman–Crippen LogP) is 4.21. The van der Waals surface area contributed by atoms with Gasteiger partial charge in [0.1, 0.15) is 0 Å². The molecule has 21 heavy (non-hydrogen) atoms. The number of fused-ring (bicyclic) bond motifs is 1. The second kappa shape index (κ2) is 6.41. The molecule has 2 heterocycles. The molecule has 1 unspecified atom stereocenters. The Hall–Kier alpha value is -1.65. The molecule has 0 saturated heterocycles. The molecule has 3 nitrogen and oxygen atoms in total. The van der Waals surface area contributed by atoms with Crippen LogP contribution in [0.1, 0.15) is 36.8 Å². The first-order valence-corrected chi connectivity index (χ1v) is 8.37. The van der Waals surface area contributed by atoms with Crippen molar-refractivity contribution >= 4 is 21.4 Å². The van der Waals surface area contributed by atoms with Crippen molar-refractivity contribution in [3.05, 3.63) is 53.2 Å². The van der Waals surface area contributed by atoms with Gasteiger partial charge in [-0.05, 0) is 30.5 Å². The molecule has 1 atom stereocenters. The lowest BCUT2D eigenvalue weighted by atomic mass is 10.1. The van der Waals surface area contributed by atoms with E-state index < -0.39 is 0 Å². The SMILES string of the molecule is CCCn1cc(C(NCC)c2cc3ccccc3s2)cn1. The van der Waals surface area contributed by atoms with Crippen LogP contribution in [0.5, 0.6) is 0 Å². The normalized spacial score (nSPS) is 12.9. The Kier molecular flexibility index (Phi) is 4.36. The first-order chi connectivity index (χ1) is 10.3. The van der Waals surface area contributed by atoms with E-state index in [1.165, 1.54) is 20.5 Å². The van der Waals surface area contributed by atoms with Crippen molar-refractivity contribution in [3.8, 4) is 0 Å². The van der Waals surface area contributed by atoms with E-state index in [1.54, 1.807) is 0 Å². The maximum absolute atomic E-state index is 4.47. The van der Waals surface area contributed by atoms with Crippen molar-refractivity contribution in [2.45, 2.75) is 32.9 Å². The standard InChI is InChI=1S/C17H21N3S/c1-3-9-20-12-14(11-19-20)17(18-4-2)16-10-13-7-5-6-8-15(13)21-16/h5-8,10-12,17-18H,3-4,9H2,1-2H3. The molecule has 0 aliphatic rings. The molecule has 1 N–H and O–H groups in total. The van der Waals surface area contributed by atoms with Crippen LogP contribution in [-0.4, -0.2) is 16.3 Å². The number of rotatable bonds is 6. The second-order valence-electron chi connectivity index (χ2n) is 5.21. The number of aryl methyl sites for hydroxylation is 1. The van der Waals surface area contributed by atoms with Gasteiger partial charge in [-0.25, -0.2) is 0 Å². The summed E-state index contributed by atoms with van der Waals surface area (Å²) < 4.78 is 3.38. The van der Waals surface area contributed by atoms with Crippen LogP contribution in [0.3, 0.4) is 0 Å². The largest absolute Gasteiger partial charge is 0.306 e. The summed E-state index contributed by atoms with van der Waals surface area (Å²) in [5.41, 5.74) is 1.25. The van der Waals surface area contributed by atoms with Gasteiger partial charge in [-0.2, -0.15) is 5.10 Å². The third kappa shape index (κ3) is 3.01. The summed E-state index contributed by atoms with van der Waals surface area (Å²) in [7, 11) is 0. The minimum atomic E-state index is 0.234. The van der Waals surface area contributed by atoms with Gasteiger partial charge in [0.25, 0.3) is 0 Å². The Balaban J connectivity index is 1.95. The molecule has 0 saturated carbocycles. The smallest absolute Gasteiger partial charge is 0.0702 e. The molecule has 0 aliphatic heterocycles. The van der Waals surface area contributed by atoms with E-state index in [0.717, 1.165) is 19.5 Å². The molecule has 3 rings (SSSR count). The van der Waals surface area contributed by atoms with Crippen LogP contribution in [0.4, 0.5) is 0 Å². The van der Waals surface area contributed by atoms with Crippen LogP contribution in [0.2, 0.25) is 0 Å². The van der Waals surface area contributed by atoms with Gasteiger partial charge in [-0.15, -0.1) is 11.3 Å². The van der Waals surface area contributed by atoms with E-state index in [1.807, 2.05) is 22.2 Å². The lowest BCUT2D eigenvalue weighted by Crippen LogP contribution is -2.20. The Morgan fingerprint density at radius 3 is 2.90 bits per heavy atom. The van der Waals surface area contributed by atoms with Gasteiger partial charge >= 0.3 is 0 Å². The van der Waals surface area contributed by atoms with Crippen molar-refractivity contribution in [3.63, 3.8) is 0 Å². The molecule has 0 fully saturated rings. The molecule has 0 aliphatic carbocycles. The Morgan fingerprint density at radius 2 is 2.14 bits per heavy atom. The highest BCUT2D eigenvalue weighted by Gasteiger charge is 2.17. The number of hydrogen-bond acceptors (Lipinski definition) is 3. The molecule has 2 aromatic heterocycles. The van der Waals surface area contributed by atoms with Crippen LogP contribution in [0, 0.1) is 0 Å². The van der Waals surface area contributed by atoms with Gasteiger partial charge in [0, 0.05) is 27.9 Å². The zero-order chi connectivity index (χ0) is 14.7. The molecule has 110 valence electrons. The lowest BCUT2D eigenvalue weighted by molar-refractivity contribution is 0.598. The second-order valence-corrected chi connectivity index (χ2v) is 6.33. The summed E-state index contributed by atoms with van der Waals surface area (Å²) in [5, 5.41) is 9.38. The van der Waals surface area contributed by atoms with Crippen LogP contribution in [-0.2, 0) is 6.54 Å². The number of aromatic nitrogens is 2. The fourth-order valence-corrected chi connectivity index (χ4v) is 3.78. The van der Waals surface area contributed by atoms with Crippen molar-refractivity contribution in [1.82, 2.24) is 15.1 Å². The summed E-state index contributed by atoms with van der Waals surface area (Å²) >= 11 is 1.86. The van der Waals surface area contributed by atoms with Crippen LogP contribution < -0.4 is 5.32 Å². The molecular formula is C17H21N3S. The Labute approximate surface area is 129 Å². The van der Waals surface area contributed by atoms with Crippen molar-refractivity contribution in [2.75, 3.05) is 6.54 Å². The van der Waals surface area contributed by atoms with Crippen LogP contribution in [0.15, 0.2) is 42.7 Å². The quantitative estimate of drug-likeness (QED) is 0.739. The first-order valence-electron chi connectivity index (χ1n) is 7.56. The molecule has 0 spiro atoms. The third-order valence-corrected chi connectivity index (χ3v) is 4.76. The fourth-order valence-electron chi connectivity index (χ4n) is 2.61. The number of benzene rings is 1. The summed E-state index contributed by atoms with van der Waals surface area (Å²) in [5.74, 6) is 0. The van der Waals surface area contributed by atoms with E-state index in [4.69, 9.17) is 0 Å². The topological polar surface area (TPSA) is 29.9 Å². The van der Waals surface area contributed by atoms with Crippen molar-refractivity contribution < 1.29 is 0 Å². The van der Waals surface area contributed by atoms with E-state index in [0.29, 0.717) is 0 Å². The van der Waals surface area contributed by atoms with Crippen molar-refractivity contribution in [1.29, 1.82) is 0 Å². The number of hydrogen-bond donors (Lipinski definition) is 1. The number of thiophene rings is 1. The van der Waals surface area contributed by atoms with E-state index in [9.17, 15) is 0 Å². The van der Waals surface area contributed by atoms with E-state index in [2.05, 4.69) is 60.8 Å². The fraction of sp³-hybridized carbons (Fsp3) is 0.353. The van der Waals surface area contributed by atoms with Gasteiger partial charge in [0.2, 0.25) is 0 Å². The van der Waals surface area contributed by atoms with Crippen LogP contribution in [0.25, 0.3) is 10.1 Å². The molecule has 0 bridgehead atoms. The summed E-state index contributed by atoms with van der Waals surface area (Å²) in [4.78, 5) is 1.36. The van der Waals surface area contributed by atoms with Gasteiger partial charge in [-0.3, -0.25) is 4.68 Å². The zero-order valence-electron chi connectivity index (χ0n) is 12.5. The number of nitrogens with zero attached hydrogens (tertiary/aromatic N) is 2. The Morgan fingerprint density at radius 1 is 1.29 bits per heavy atom. The predicted molar refractivity (Wildman–Crippen MR) is 89.9 cm³/mol. The van der Waals surface area contributed by atoms with Gasteiger partial charge in [0.05, 0.1) is 12.2 Å². The first kappa shape index (κ1) is 14.3. The highest BCUT2D eigenvalue weighted by Crippen LogP contribution is 2.32. The maximum Gasteiger partial charge on any atom is 0.0702 e. The van der Waals surface area contributed by atoms with E-state index >= 15 is 0 Å². The lowest BCUT2D eigenvalue weighted by Gasteiger charge is -2.14. The molecule has 3 aromatic rings. The minimum Gasteiger partial charge on any atom is -0.306 e. The summed E-state index contributed by atoms with van der Waals surface area (Å²) in [6, 6.07) is 11.1. The molecule has 4 heteroatoms. The molecule has 0 radical (unpaired) electrons. The van der Waals surface area contributed by atoms with Gasteiger partial charge < -0.3 is 5.32 Å². The van der Waals surface area contributed by atoms with Crippen LogP contribution >= 0.6 is 11.3 Å². The third-order valence-electron chi connectivity index (χ3n) is 3.58. The molecule has 0 amide bonds. The average Bonchev–Trinajstić information content (AvgIpc) is 3.11. The van der Waals surface area contributed by atoms with Gasteiger partial charge in [0.15, 0.2) is 0 Å². The van der Waals surface area contributed by atoms with Crippen molar-refractivity contribution in [2.24, 2.45) is 0 Å². The summed E-state index contributed by atoms with van der Waals surface area (Å²) in [6.45, 7) is 6.25. The average molecular weight is 299 g/mol. The highest BCUT2D eigenvalue weighted by atomic mass is 32.1. The highest BCUT2D eigenvalue weighted by molar-refractivity contribution is 7.19. The monoisotopic (exact) mass is 299 g/mol.